The first-order valence-corrected chi connectivity index (χ1v) is 4.50. The summed E-state index contributed by atoms with van der Waals surface area (Å²) < 4.78 is 5.23. The lowest BCUT2D eigenvalue weighted by atomic mass is 9.71. The zero-order chi connectivity index (χ0) is 8.44. The summed E-state index contributed by atoms with van der Waals surface area (Å²) in [7, 11) is 0. The quantitative estimate of drug-likeness (QED) is 0.512. The van der Waals surface area contributed by atoms with Crippen LogP contribution in [0.4, 0.5) is 0 Å². The molecular formula is C10H13NO. The summed E-state index contributed by atoms with van der Waals surface area (Å²) in [5.41, 5.74) is 1.84. The second-order valence-electron chi connectivity index (χ2n) is 3.92. The SMILES string of the molecule is N#CC=C1CCC2(CC1)COC2. The van der Waals surface area contributed by atoms with Crippen LogP contribution in [0.15, 0.2) is 11.6 Å². The van der Waals surface area contributed by atoms with E-state index in [1.165, 1.54) is 18.4 Å². The van der Waals surface area contributed by atoms with Crippen molar-refractivity contribution in [1.82, 2.24) is 0 Å². The van der Waals surface area contributed by atoms with Gasteiger partial charge in [-0.25, -0.2) is 0 Å². The molecule has 1 saturated heterocycles. The maximum absolute atomic E-state index is 8.47. The third kappa shape index (κ3) is 1.25. The number of hydrogen-bond donors (Lipinski definition) is 0. The molecule has 0 radical (unpaired) electrons. The molecule has 2 rings (SSSR count). The van der Waals surface area contributed by atoms with Gasteiger partial charge in [0.2, 0.25) is 0 Å². The first-order valence-electron chi connectivity index (χ1n) is 4.50. The maximum Gasteiger partial charge on any atom is 0.0911 e. The fraction of sp³-hybridized carbons (Fsp3) is 0.700. The topological polar surface area (TPSA) is 33.0 Å². The summed E-state index contributed by atoms with van der Waals surface area (Å²) in [6, 6.07) is 2.11. The Morgan fingerprint density at radius 2 is 2.00 bits per heavy atom. The molecule has 2 aliphatic rings. The predicted molar refractivity (Wildman–Crippen MR) is 45.4 cm³/mol. The van der Waals surface area contributed by atoms with Gasteiger partial charge in [0.15, 0.2) is 0 Å². The average Bonchev–Trinajstić information content (AvgIpc) is 2.04. The van der Waals surface area contributed by atoms with E-state index in [-0.39, 0.29) is 0 Å². The molecule has 2 nitrogen and oxygen atoms in total. The minimum Gasteiger partial charge on any atom is -0.380 e. The van der Waals surface area contributed by atoms with Crippen molar-refractivity contribution in [2.45, 2.75) is 25.7 Å². The van der Waals surface area contributed by atoms with Crippen molar-refractivity contribution in [3.8, 4) is 6.07 Å². The lowest BCUT2D eigenvalue weighted by Gasteiger charge is -2.44. The van der Waals surface area contributed by atoms with Gasteiger partial charge < -0.3 is 4.74 Å². The van der Waals surface area contributed by atoms with Gasteiger partial charge in [-0.05, 0) is 25.7 Å². The molecule has 2 heteroatoms. The molecule has 2 fully saturated rings. The monoisotopic (exact) mass is 163 g/mol. The zero-order valence-electron chi connectivity index (χ0n) is 7.18. The molecule has 1 saturated carbocycles. The fourth-order valence-corrected chi connectivity index (χ4v) is 2.02. The Balaban J connectivity index is 1.93. The Bertz CT molecular complexity index is 233. The Labute approximate surface area is 72.8 Å². The van der Waals surface area contributed by atoms with Gasteiger partial charge in [0, 0.05) is 11.5 Å². The molecule has 1 spiro atoms. The highest BCUT2D eigenvalue weighted by atomic mass is 16.5. The van der Waals surface area contributed by atoms with Gasteiger partial charge in [0.1, 0.15) is 0 Å². The van der Waals surface area contributed by atoms with Crippen LogP contribution >= 0.6 is 0 Å². The molecule has 0 aromatic heterocycles. The van der Waals surface area contributed by atoms with Crippen molar-refractivity contribution < 1.29 is 4.74 Å². The second-order valence-corrected chi connectivity index (χ2v) is 3.92. The number of ether oxygens (including phenoxy) is 1. The highest BCUT2D eigenvalue weighted by Gasteiger charge is 2.40. The highest BCUT2D eigenvalue weighted by molar-refractivity contribution is 5.16. The van der Waals surface area contributed by atoms with Gasteiger partial charge >= 0.3 is 0 Å². The minimum atomic E-state index is 0.507. The van der Waals surface area contributed by atoms with Gasteiger partial charge in [-0.1, -0.05) is 5.57 Å². The van der Waals surface area contributed by atoms with E-state index in [0.717, 1.165) is 26.1 Å². The molecule has 12 heavy (non-hydrogen) atoms. The highest BCUT2D eigenvalue weighted by Crippen LogP contribution is 2.43. The van der Waals surface area contributed by atoms with Crippen LogP contribution in [0.2, 0.25) is 0 Å². The first-order chi connectivity index (χ1) is 5.85. The van der Waals surface area contributed by atoms with Gasteiger partial charge in [0.05, 0.1) is 19.3 Å². The van der Waals surface area contributed by atoms with Gasteiger partial charge in [-0.3, -0.25) is 0 Å². The van der Waals surface area contributed by atoms with E-state index < -0.39 is 0 Å². The van der Waals surface area contributed by atoms with Crippen LogP contribution in [0.1, 0.15) is 25.7 Å². The van der Waals surface area contributed by atoms with Crippen LogP contribution in [-0.2, 0) is 4.74 Å². The average molecular weight is 163 g/mol. The Morgan fingerprint density at radius 1 is 1.33 bits per heavy atom. The molecule has 0 N–H and O–H groups in total. The lowest BCUT2D eigenvalue weighted by molar-refractivity contribution is -0.126. The lowest BCUT2D eigenvalue weighted by Crippen LogP contribution is -2.44. The van der Waals surface area contributed by atoms with Gasteiger partial charge in [-0.2, -0.15) is 5.26 Å². The maximum atomic E-state index is 8.47. The summed E-state index contributed by atoms with van der Waals surface area (Å²) in [6.45, 7) is 1.90. The van der Waals surface area contributed by atoms with Gasteiger partial charge in [-0.15, -0.1) is 0 Å². The van der Waals surface area contributed by atoms with Crippen LogP contribution in [-0.4, -0.2) is 13.2 Å². The van der Waals surface area contributed by atoms with Crippen molar-refractivity contribution in [3.63, 3.8) is 0 Å². The summed E-state index contributed by atoms with van der Waals surface area (Å²) in [4.78, 5) is 0. The molecular weight excluding hydrogens is 150 g/mol. The predicted octanol–water partition coefficient (Wildman–Crippen LogP) is 2.03. The van der Waals surface area contributed by atoms with Crippen molar-refractivity contribution in [3.05, 3.63) is 11.6 Å². The Morgan fingerprint density at radius 3 is 2.42 bits per heavy atom. The van der Waals surface area contributed by atoms with E-state index in [2.05, 4.69) is 6.07 Å². The number of allylic oxidation sites excluding steroid dienone is 2. The molecule has 0 aromatic rings. The first kappa shape index (κ1) is 7.82. The second kappa shape index (κ2) is 2.91. The summed E-state index contributed by atoms with van der Waals surface area (Å²) in [5, 5.41) is 8.47. The van der Waals surface area contributed by atoms with Crippen LogP contribution in [0.3, 0.4) is 0 Å². The molecule has 0 atom stereocenters. The molecule has 0 amide bonds. The number of rotatable bonds is 0. The molecule has 0 bridgehead atoms. The van der Waals surface area contributed by atoms with Crippen molar-refractivity contribution in [2.24, 2.45) is 5.41 Å². The van der Waals surface area contributed by atoms with Crippen LogP contribution in [0, 0.1) is 16.7 Å². The fourth-order valence-electron chi connectivity index (χ4n) is 2.02. The molecule has 0 unspecified atom stereocenters. The van der Waals surface area contributed by atoms with Crippen molar-refractivity contribution in [1.29, 1.82) is 5.26 Å². The number of nitrogens with zero attached hydrogens (tertiary/aromatic N) is 1. The number of hydrogen-bond acceptors (Lipinski definition) is 2. The van der Waals surface area contributed by atoms with Gasteiger partial charge in [0.25, 0.3) is 0 Å². The number of nitriles is 1. The Hall–Kier alpha value is -0.810. The smallest absolute Gasteiger partial charge is 0.0911 e. The van der Waals surface area contributed by atoms with E-state index in [0.29, 0.717) is 5.41 Å². The Kier molecular flexibility index (Phi) is 1.90. The van der Waals surface area contributed by atoms with E-state index in [1.54, 1.807) is 6.08 Å². The minimum absolute atomic E-state index is 0.507. The van der Waals surface area contributed by atoms with Crippen LogP contribution in [0.5, 0.6) is 0 Å². The normalized spacial score (nSPS) is 26.1. The molecule has 64 valence electrons. The standard InChI is InChI=1S/C10H13NO/c11-6-3-9-1-4-10(5-2-9)7-12-8-10/h3H,1-2,4-5,7-8H2. The largest absolute Gasteiger partial charge is 0.380 e. The van der Waals surface area contributed by atoms with E-state index >= 15 is 0 Å². The molecule has 1 aliphatic carbocycles. The summed E-state index contributed by atoms with van der Waals surface area (Å²) in [5.74, 6) is 0. The van der Waals surface area contributed by atoms with Crippen molar-refractivity contribution in [2.75, 3.05) is 13.2 Å². The summed E-state index contributed by atoms with van der Waals surface area (Å²) in [6.07, 6.45) is 6.38. The van der Waals surface area contributed by atoms with Crippen LogP contribution in [0.25, 0.3) is 0 Å². The molecule has 1 heterocycles. The third-order valence-corrected chi connectivity index (χ3v) is 3.04. The van der Waals surface area contributed by atoms with Crippen LogP contribution < -0.4 is 0 Å². The van der Waals surface area contributed by atoms with E-state index in [9.17, 15) is 0 Å². The molecule has 1 aliphatic heterocycles. The third-order valence-electron chi connectivity index (χ3n) is 3.04. The summed E-state index contributed by atoms with van der Waals surface area (Å²) >= 11 is 0. The van der Waals surface area contributed by atoms with Crippen molar-refractivity contribution >= 4 is 0 Å². The van der Waals surface area contributed by atoms with E-state index in [1.807, 2.05) is 0 Å². The zero-order valence-corrected chi connectivity index (χ0v) is 7.18. The molecule has 0 aromatic carbocycles. The van der Waals surface area contributed by atoms with E-state index in [4.69, 9.17) is 10.00 Å².